The molecule has 178 valence electrons. The van der Waals surface area contributed by atoms with Crippen LogP contribution >= 0.6 is 0 Å². The monoisotopic (exact) mass is 427 g/mol. The molecule has 6 aliphatic rings. The minimum Gasteiger partial charge on any atom is -0.396 e. The topological polar surface area (TPSA) is 57.2 Å². The third-order valence-corrected chi connectivity index (χ3v) is 8.31. The molecule has 3 saturated heterocycles. The number of nitrogens with zero attached hydrogens (tertiary/aromatic N) is 2. The molecule has 0 amide bonds. The van der Waals surface area contributed by atoms with Crippen LogP contribution in [-0.2, 0) is 9.47 Å². The molecule has 0 aromatic heterocycles. The predicted octanol–water partition coefficient (Wildman–Crippen LogP) is 1.60. The molecule has 30 heavy (non-hydrogen) atoms. The first-order chi connectivity index (χ1) is 13.6. The average Bonchev–Trinajstić information content (AvgIpc) is 3.47. The number of aliphatic hydroxyl groups is 1. The first kappa shape index (κ1) is 26.0. The van der Waals surface area contributed by atoms with E-state index in [1.165, 1.54) is 39.3 Å². The SMILES string of the molecule is C.C.CN1C[C@@H]2C(CO)[C@@H]2C1.COCC1[C@H]2CN(C)C[C@@H]12.COCC1[C@H]2CNC[C@@H]12. The minimum atomic E-state index is 0. The van der Waals surface area contributed by atoms with E-state index in [0.717, 1.165) is 60.6 Å². The van der Waals surface area contributed by atoms with Crippen LogP contribution in [0.3, 0.4) is 0 Å². The third kappa shape index (κ3) is 5.57. The number of fused-ring (bicyclic) bond motifs is 3. The number of nitrogens with one attached hydrogen (secondary N) is 1. The second-order valence-electron chi connectivity index (χ2n) is 10.2. The second kappa shape index (κ2) is 11.1. The van der Waals surface area contributed by atoms with E-state index < -0.39 is 0 Å². The zero-order valence-corrected chi connectivity index (χ0v) is 18.2. The number of methoxy groups -OCH3 is 2. The Hall–Kier alpha value is -0.240. The van der Waals surface area contributed by atoms with Gasteiger partial charge in [-0.3, -0.25) is 0 Å². The third-order valence-electron chi connectivity index (χ3n) is 8.31. The van der Waals surface area contributed by atoms with Crippen LogP contribution in [0.25, 0.3) is 0 Å². The molecule has 2 N–H and O–H groups in total. The van der Waals surface area contributed by atoms with E-state index in [2.05, 4.69) is 29.2 Å². The Morgan fingerprint density at radius 3 is 1.43 bits per heavy atom. The molecule has 3 saturated carbocycles. The van der Waals surface area contributed by atoms with Crippen molar-refractivity contribution in [2.75, 3.05) is 87.4 Å². The van der Waals surface area contributed by atoms with Crippen molar-refractivity contribution in [1.82, 2.24) is 15.1 Å². The summed E-state index contributed by atoms with van der Waals surface area (Å²) in [5.41, 5.74) is 0. The Balaban J connectivity index is 0.000000155. The highest BCUT2D eigenvalue weighted by molar-refractivity contribution is 5.05. The Bertz CT molecular complexity index is 481. The molecule has 3 aliphatic carbocycles. The van der Waals surface area contributed by atoms with Crippen molar-refractivity contribution in [3.63, 3.8) is 0 Å². The van der Waals surface area contributed by atoms with Gasteiger partial charge in [0, 0.05) is 60.2 Å². The number of rotatable bonds is 5. The minimum absolute atomic E-state index is 0. The van der Waals surface area contributed by atoms with Gasteiger partial charge in [0.15, 0.2) is 0 Å². The molecular formula is C24H49N3O3. The first-order valence-electron chi connectivity index (χ1n) is 11.3. The van der Waals surface area contributed by atoms with Crippen molar-refractivity contribution in [3.8, 4) is 0 Å². The molecule has 3 aliphatic heterocycles. The van der Waals surface area contributed by atoms with Gasteiger partial charge in [0.25, 0.3) is 0 Å². The van der Waals surface area contributed by atoms with E-state index in [1.54, 1.807) is 14.2 Å². The van der Waals surface area contributed by atoms with Gasteiger partial charge in [-0.2, -0.15) is 0 Å². The standard InChI is InChI=1S/C8H15NO.2C7H13NO.2CH4/c1-9-3-6-7(4-9)8(6)5-10-2;1-9-4-7-5-2-8-3-6(5)7;1-8-2-5-6(3-8)7(5)4-9;;/h6-8H,3-5H2,1-2H3;5-8H,2-4H2,1H3;5-7,9H,2-4H2,1H3;2*1H4/t6-,7+,8?;2*5-,6+,7?;;. The zero-order chi connectivity index (χ0) is 19.8. The summed E-state index contributed by atoms with van der Waals surface area (Å²) in [6.07, 6.45) is 0. The molecule has 6 heteroatoms. The fourth-order valence-corrected chi connectivity index (χ4v) is 6.42. The van der Waals surface area contributed by atoms with Crippen LogP contribution in [0.1, 0.15) is 14.9 Å². The number of hydrogen-bond acceptors (Lipinski definition) is 6. The van der Waals surface area contributed by atoms with Gasteiger partial charge in [0.2, 0.25) is 0 Å². The number of aliphatic hydroxyl groups excluding tert-OH is 1. The van der Waals surface area contributed by atoms with Crippen LogP contribution in [0, 0.1) is 53.3 Å². The predicted molar refractivity (Wildman–Crippen MR) is 124 cm³/mol. The van der Waals surface area contributed by atoms with Gasteiger partial charge in [-0.1, -0.05) is 14.9 Å². The number of piperidine rings is 3. The number of hydrogen-bond donors (Lipinski definition) is 2. The quantitative estimate of drug-likeness (QED) is 0.695. The van der Waals surface area contributed by atoms with Crippen molar-refractivity contribution in [2.24, 2.45) is 53.3 Å². The van der Waals surface area contributed by atoms with Crippen molar-refractivity contribution in [2.45, 2.75) is 14.9 Å². The summed E-state index contributed by atoms with van der Waals surface area (Å²) in [6, 6.07) is 0. The highest BCUT2D eigenvalue weighted by Gasteiger charge is 2.55. The maximum Gasteiger partial charge on any atom is 0.0496 e. The molecule has 6 rings (SSSR count). The van der Waals surface area contributed by atoms with E-state index in [9.17, 15) is 0 Å². The Kier molecular flexibility index (Phi) is 9.59. The molecule has 6 fully saturated rings. The first-order valence-corrected chi connectivity index (χ1v) is 11.3. The van der Waals surface area contributed by atoms with Gasteiger partial charge in [0.1, 0.15) is 0 Å². The van der Waals surface area contributed by atoms with Crippen LogP contribution in [-0.4, -0.2) is 102 Å². The second-order valence-corrected chi connectivity index (χ2v) is 10.2. The maximum absolute atomic E-state index is 8.78. The van der Waals surface area contributed by atoms with Gasteiger partial charge >= 0.3 is 0 Å². The van der Waals surface area contributed by atoms with Gasteiger partial charge < -0.3 is 29.7 Å². The number of likely N-dealkylation sites (tertiary alicyclic amines) is 2. The fraction of sp³-hybridized carbons (Fsp3) is 1.00. The van der Waals surface area contributed by atoms with Crippen molar-refractivity contribution < 1.29 is 14.6 Å². The van der Waals surface area contributed by atoms with Crippen molar-refractivity contribution >= 4 is 0 Å². The summed E-state index contributed by atoms with van der Waals surface area (Å²) in [6.45, 7) is 9.91. The van der Waals surface area contributed by atoms with Crippen molar-refractivity contribution in [1.29, 1.82) is 0 Å². The Morgan fingerprint density at radius 2 is 1.07 bits per heavy atom. The highest BCUT2D eigenvalue weighted by Crippen LogP contribution is 2.51. The molecular weight excluding hydrogens is 378 g/mol. The molecule has 0 spiro atoms. The summed E-state index contributed by atoms with van der Waals surface area (Å²) in [4.78, 5) is 4.77. The zero-order valence-electron chi connectivity index (χ0n) is 18.2. The Labute approximate surface area is 185 Å². The lowest BCUT2D eigenvalue weighted by molar-refractivity contribution is 0.165. The van der Waals surface area contributed by atoms with E-state index in [1.807, 2.05) is 0 Å². The van der Waals surface area contributed by atoms with Crippen LogP contribution in [0.2, 0.25) is 0 Å². The molecule has 3 unspecified atom stereocenters. The van der Waals surface area contributed by atoms with Gasteiger partial charge in [-0.05, 0) is 80.4 Å². The van der Waals surface area contributed by atoms with Gasteiger partial charge in [-0.25, -0.2) is 0 Å². The van der Waals surface area contributed by atoms with Crippen LogP contribution in [0.5, 0.6) is 0 Å². The largest absolute Gasteiger partial charge is 0.396 e. The summed E-state index contributed by atoms with van der Waals surface area (Å²) in [7, 11) is 7.95. The summed E-state index contributed by atoms with van der Waals surface area (Å²) < 4.78 is 10.2. The van der Waals surface area contributed by atoms with Crippen LogP contribution in [0.15, 0.2) is 0 Å². The lowest BCUT2D eigenvalue weighted by Gasteiger charge is -2.11. The lowest BCUT2D eigenvalue weighted by atomic mass is 10.3. The number of ether oxygens (including phenoxy) is 2. The molecule has 0 radical (unpaired) electrons. The van der Waals surface area contributed by atoms with E-state index in [0.29, 0.717) is 12.5 Å². The Morgan fingerprint density at radius 1 is 0.700 bits per heavy atom. The summed E-state index contributed by atoms with van der Waals surface area (Å²) in [5.74, 6) is 8.04. The highest BCUT2D eigenvalue weighted by atomic mass is 16.5. The molecule has 0 aromatic rings. The molecule has 3 heterocycles. The molecule has 0 bridgehead atoms. The molecule has 6 nitrogen and oxygen atoms in total. The molecule has 0 aromatic carbocycles. The summed E-state index contributed by atoms with van der Waals surface area (Å²) in [5, 5.41) is 12.1. The normalized spacial score (nSPS) is 44.1. The van der Waals surface area contributed by atoms with Crippen molar-refractivity contribution in [3.05, 3.63) is 0 Å². The smallest absolute Gasteiger partial charge is 0.0496 e. The van der Waals surface area contributed by atoms with Crippen LogP contribution < -0.4 is 5.32 Å². The van der Waals surface area contributed by atoms with Gasteiger partial charge in [0.05, 0.1) is 0 Å². The lowest BCUT2D eigenvalue weighted by Crippen LogP contribution is -2.20. The average molecular weight is 428 g/mol. The fourth-order valence-electron chi connectivity index (χ4n) is 6.42. The van der Waals surface area contributed by atoms with E-state index in [4.69, 9.17) is 14.6 Å². The summed E-state index contributed by atoms with van der Waals surface area (Å²) >= 11 is 0. The van der Waals surface area contributed by atoms with E-state index in [-0.39, 0.29) is 14.9 Å². The van der Waals surface area contributed by atoms with Crippen LogP contribution in [0.4, 0.5) is 0 Å². The molecule has 9 atom stereocenters. The van der Waals surface area contributed by atoms with Gasteiger partial charge in [-0.15, -0.1) is 0 Å². The van der Waals surface area contributed by atoms with E-state index >= 15 is 0 Å². The maximum atomic E-state index is 8.78.